The van der Waals surface area contributed by atoms with Gasteiger partial charge in [-0.1, -0.05) is 12.1 Å². The zero-order chi connectivity index (χ0) is 20.1. The number of imidazole rings is 1. The van der Waals surface area contributed by atoms with Crippen molar-refractivity contribution in [3.63, 3.8) is 0 Å². The summed E-state index contributed by atoms with van der Waals surface area (Å²) in [7, 11) is 1.93. The number of benzene rings is 1. The van der Waals surface area contributed by atoms with E-state index in [9.17, 15) is 0 Å². The second kappa shape index (κ2) is 10.8. The lowest BCUT2D eigenvalue weighted by atomic mass is 10.1. The maximum atomic E-state index is 5.96. The number of nitrogens with one attached hydrogen (secondary N) is 2. The Balaban J connectivity index is 0.00000256. The number of hydrogen-bond acceptors (Lipinski definition) is 4. The number of guanidine groups is 1. The summed E-state index contributed by atoms with van der Waals surface area (Å²) in [6.07, 6.45) is 5.76. The first kappa shape index (κ1) is 22.5. The summed E-state index contributed by atoms with van der Waals surface area (Å²) in [4.78, 5) is 15.2. The van der Waals surface area contributed by atoms with Gasteiger partial charge in [0.2, 0.25) is 0 Å². The Labute approximate surface area is 194 Å². The van der Waals surface area contributed by atoms with Gasteiger partial charge in [-0.15, -0.1) is 24.0 Å². The molecule has 3 aromatic rings. The van der Waals surface area contributed by atoms with Gasteiger partial charge in [0.25, 0.3) is 0 Å². The molecule has 0 saturated carbocycles. The van der Waals surface area contributed by atoms with E-state index >= 15 is 0 Å². The lowest BCUT2D eigenvalue weighted by molar-refractivity contribution is -0.00804. The van der Waals surface area contributed by atoms with Crippen molar-refractivity contribution in [1.82, 2.24) is 30.0 Å². The average molecular weight is 523 g/mol. The van der Waals surface area contributed by atoms with E-state index in [0.717, 1.165) is 67.4 Å². The van der Waals surface area contributed by atoms with E-state index < -0.39 is 0 Å². The van der Waals surface area contributed by atoms with E-state index in [0.29, 0.717) is 6.61 Å². The number of H-pyrrole nitrogens is 1. The fourth-order valence-electron chi connectivity index (χ4n) is 3.63. The molecule has 162 valence electrons. The van der Waals surface area contributed by atoms with Gasteiger partial charge in [-0.3, -0.25) is 9.67 Å². The van der Waals surface area contributed by atoms with Crippen molar-refractivity contribution in [2.75, 3.05) is 32.8 Å². The van der Waals surface area contributed by atoms with Gasteiger partial charge in [0.15, 0.2) is 5.96 Å². The van der Waals surface area contributed by atoms with Crippen molar-refractivity contribution >= 4 is 41.0 Å². The summed E-state index contributed by atoms with van der Waals surface area (Å²) in [5.74, 6) is 1.98. The number of morpholine rings is 1. The maximum Gasteiger partial charge on any atom is 0.194 e. The number of para-hydroxylation sites is 2. The van der Waals surface area contributed by atoms with Crippen LogP contribution in [0.1, 0.15) is 30.8 Å². The first-order valence-electron chi connectivity index (χ1n) is 10.3. The van der Waals surface area contributed by atoms with Crippen molar-refractivity contribution in [3.8, 4) is 0 Å². The van der Waals surface area contributed by atoms with Crippen LogP contribution in [-0.2, 0) is 18.2 Å². The minimum Gasteiger partial charge on any atom is -0.370 e. The van der Waals surface area contributed by atoms with Gasteiger partial charge < -0.3 is 19.9 Å². The number of rotatable bonds is 6. The minimum atomic E-state index is 0. The van der Waals surface area contributed by atoms with E-state index in [1.807, 2.05) is 42.3 Å². The van der Waals surface area contributed by atoms with E-state index in [-0.39, 0.29) is 30.1 Å². The van der Waals surface area contributed by atoms with Crippen molar-refractivity contribution < 1.29 is 4.74 Å². The zero-order valence-electron chi connectivity index (χ0n) is 17.5. The largest absolute Gasteiger partial charge is 0.370 e. The molecule has 0 bridgehead atoms. The van der Waals surface area contributed by atoms with Crippen LogP contribution < -0.4 is 5.32 Å². The Hall–Kier alpha value is -2.14. The van der Waals surface area contributed by atoms with Crippen LogP contribution in [0.5, 0.6) is 0 Å². The molecule has 0 radical (unpaired) electrons. The normalized spacial score (nSPS) is 17.2. The van der Waals surface area contributed by atoms with E-state index in [4.69, 9.17) is 9.73 Å². The number of fused-ring (bicyclic) bond motifs is 1. The molecule has 0 spiro atoms. The fraction of sp³-hybridized carbons (Fsp3) is 0.476. The number of nitrogens with zero attached hydrogens (tertiary/aromatic N) is 5. The summed E-state index contributed by atoms with van der Waals surface area (Å²) < 4.78 is 7.77. The quantitative estimate of drug-likeness (QED) is 0.225. The Bertz CT molecular complexity index is 934. The minimum absolute atomic E-state index is 0. The average Bonchev–Trinajstić information content (AvgIpc) is 3.36. The Kier molecular flexibility index (Phi) is 8.08. The van der Waals surface area contributed by atoms with Crippen LogP contribution in [0.4, 0.5) is 0 Å². The van der Waals surface area contributed by atoms with Gasteiger partial charge >= 0.3 is 0 Å². The van der Waals surface area contributed by atoms with Gasteiger partial charge in [0, 0.05) is 44.9 Å². The van der Waals surface area contributed by atoms with Gasteiger partial charge in [0.1, 0.15) is 11.9 Å². The molecule has 1 fully saturated rings. The number of aryl methyl sites for hydroxylation is 2. The second-order valence-electron chi connectivity index (χ2n) is 7.29. The molecule has 1 aliphatic rings. The Morgan fingerprint density at radius 2 is 2.23 bits per heavy atom. The standard InChI is InChI=1S/C21H29N7O.HI/c1-3-22-21(28-11-12-29-19(15-28)16-13-24-27(2)14-16)23-10-6-9-20-25-17-7-4-5-8-18(17)26-20;/h4-5,7-8,13-14,19H,3,6,9-12,15H2,1-2H3,(H,22,23)(H,25,26);1H. The van der Waals surface area contributed by atoms with E-state index in [1.165, 1.54) is 0 Å². The lowest BCUT2D eigenvalue weighted by Crippen LogP contribution is -2.48. The lowest BCUT2D eigenvalue weighted by Gasteiger charge is -2.34. The van der Waals surface area contributed by atoms with Crippen LogP contribution in [0, 0.1) is 0 Å². The topological polar surface area (TPSA) is 83.4 Å². The molecule has 0 aliphatic carbocycles. The number of aliphatic imine (C=N–C) groups is 1. The number of aromatic amines is 1. The molecule has 1 saturated heterocycles. The molecule has 1 aromatic carbocycles. The highest BCUT2D eigenvalue weighted by molar-refractivity contribution is 14.0. The summed E-state index contributed by atoms with van der Waals surface area (Å²) in [6.45, 7) is 6.00. The van der Waals surface area contributed by atoms with E-state index in [1.54, 1.807) is 0 Å². The molecule has 1 atom stereocenters. The molecular weight excluding hydrogens is 493 g/mol. The van der Waals surface area contributed by atoms with Crippen molar-refractivity contribution in [1.29, 1.82) is 0 Å². The summed E-state index contributed by atoms with van der Waals surface area (Å²) in [6, 6.07) is 8.14. The molecule has 2 aromatic heterocycles. The van der Waals surface area contributed by atoms with Crippen LogP contribution in [0.15, 0.2) is 41.7 Å². The SMILES string of the molecule is CCNC(=NCCCc1nc2ccccc2[nH]1)N1CCOC(c2cnn(C)c2)C1.I. The summed E-state index contributed by atoms with van der Waals surface area (Å²) in [5, 5.41) is 7.69. The summed E-state index contributed by atoms with van der Waals surface area (Å²) >= 11 is 0. The van der Waals surface area contributed by atoms with Crippen LogP contribution >= 0.6 is 24.0 Å². The highest BCUT2D eigenvalue weighted by Crippen LogP contribution is 2.21. The summed E-state index contributed by atoms with van der Waals surface area (Å²) in [5.41, 5.74) is 3.22. The molecule has 30 heavy (non-hydrogen) atoms. The number of aromatic nitrogens is 4. The van der Waals surface area contributed by atoms with Gasteiger partial charge in [0.05, 0.1) is 30.4 Å². The van der Waals surface area contributed by atoms with Crippen LogP contribution in [-0.4, -0.2) is 63.4 Å². The van der Waals surface area contributed by atoms with Gasteiger partial charge in [-0.05, 0) is 25.5 Å². The third-order valence-electron chi connectivity index (χ3n) is 5.07. The van der Waals surface area contributed by atoms with Crippen LogP contribution in [0.2, 0.25) is 0 Å². The van der Waals surface area contributed by atoms with Gasteiger partial charge in [-0.25, -0.2) is 4.98 Å². The predicted molar refractivity (Wildman–Crippen MR) is 129 cm³/mol. The zero-order valence-corrected chi connectivity index (χ0v) is 19.9. The molecule has 1 aliphatic heterocycles. The molecule has 3 heterocycles. The van der Waals surface area contributed by atoms with Crippen molar-refractivity contribution in [3.05, 3.63) is 48.0 Å². The van der Waals surface area contributed by atoms with Gasteiger partial charge in [-0.2, -0.15) is 5.10 Å². The second-order valence-corrected chi connectivity index (χ2v) is 7.29. The van der Waals surface area contributed by atoms with Crippen LogP contribution in [0.3, 0.4) is 0 Å². The molecule has 4 rings (SSSR count). The third-order valence-corrected chi connectivity index (χ3v) is 5.07. The van der Waals surface area contributed by atoms with Crippen molar-refractivity contribution in [2.45, 2.75) is 25.9 Å². The molecule has 8 nitrogen and oxygen atoms in total. The molecule has 0 amide bonds. The Morgan fingerprint density at radius 3 is 3.00 bits per heavy atom. The fourth-order valence-corrected chi connectivity index (χ4v) is 3.63. The highest BCUT2D eigenvalue weighted by atomic mass is 127. The molecule has 1 unspecified atom stereocenters. The first-order valence-corrected chi connectivity index (χ1v) is 10.3. The van der Waals surface area contributed by atoms with E-state index in [2.05, 4.69) is 38.3 Å². The number of hydrogen-bond donors (Lipinski definition) is 2. The Morgan fingerprint density at radius 1 is 1.37 bits per heavy atom. The molecule has 9 heteroatoms. The molecule has 2 N–H and O–H groups in total. The number of halogens is 1. The highest BCUT2D eigenvalue weighted by Gasteiger charge is 2.25. The number of ether oxygens (including phenoxy) is 1. The third kappa shape index (κ3) is 5.51. The predicted octanol–water partition coefficient (Wildman–Crippen LogP) is 2.89. The molecular formula is C21H30IN7O. The smallest absolute Gasteiger partial charge is 0.194 e. The monoisotopic (exact) mass is 523 g/mol. The van der Waals surface area contributed by atoms with Crippen LogP contribution in [0.25, 0.3) is 11.0 Å². The first-order chi connectivity index (χ1) is 14.2. The maximum absolute atomic E-state index is 5.96. The van der Waals surface area contributed by atoms with Crippen molar-refractivity contribution in [2.24, 2.45) is 12.0 Å².